The molecule has 1 fully saturated rings. The van der Waals surface area contributed by atoms with Crippen molar-refractivity contribution >= 4 is 5.97 Å². The zero-order valence-electron chi connectivity index (χ0n) is 10.7. The smallest absolute Gasteiger partial charge is 0.326 e. The lowest BCUT2D eigenvalue weighted by molar-refractivity contribution is -0.922. The molecule has 0 bridgehead atoms. The molecule has 1 aromatic heterocycles. The van der Waals surface area contributed by atoms with Gasteiger partial charge in [-0.25, -0.2) is 4.79 Å². The number of carbonyl (C=O) groups excluding carboxylic acids is 1. The molecule has 0 spiro atoms. The van der Waals surface area contributed by atoms with Crippen LogP contribution in [-0.4, -0.2) is 29.0 Å². The number of quaternary nitrogens is 1. The number of nitrogens with one attached hydrogen (secondary N) is 3. The van der Waals surface area contributed by atoms with Crippen molar-refractivity contribution in [2.24, 2.45) is 5.92 Å². The van der Waals surface area contributed by atoms with Crippen molar-refractivity contribution < 1.29 is 14.8 Å². The first-order valence-electron chi connectivity index (χ1n) is 6.37. The van der Waals surface area contributed by atoms with Crippen molar-refractivity contribution in [3.05, 3.63) is 32.1 Å². The van der Waals surface area contributed by atoms with E-state index in [0.29, 0.717) is 12.5 Å². The average Bonchev–Trinajstić information content (AvgIpc) is 2.32. The van der Waals surface area contributed by atoms with Crippen LogP contribution in [0.15, 0.2) is 9.59 Å². The molecule has 0 radical (unpaired) electrons. The lowest BCUT2D eigenvalue weighted by Gasteiger charge is -2.28. The highest BCUT2D eigenvalue weighted by molar-refractivity contribution is 5.84. The molecule has 7 heteroatoms. The Morgan fingerprint density at radius 2 is 2.16 bits per heavy atom. The van der Waals surface area contributed by atoms with E-state index in [2.05, 4.69) is 16.9 Å². The number of carboxylic acids is 1. The topological polar surface area (TPSA) is 110 Å². The summed E-state index contributed by atoms with van der Waals surface area (Å²) in [5.74, 6) is -0.973. The Kier molecular flexibility index (Phi) is 3.84. The minimum Gasteiger partial charge on any atom is -0.543 e. The van der Waals surface area contributed by atoms with Crippen LogP contribution in [-0.2, 0) is 6.54 Å². The number of hydrogen-bond donors (Lipinski definition) is 3. The van der Waals surface area contributed by atoms with Crippen LogP contribution in [0.3, 0.4) is 0 Å². The second kappa shape index (κ2) is 5.40. The van der Waals surface area contributed by atoms with E-state index in [0.717, 1.165) is 30.8 Å². The molecule has 19 heavy (non-hydrogen) atoms. The van der Waals surface area contributed by atoms with E-state index in [4.69, 9.17) is 0 Å². The molecule has 1 aromatic rings. The van der Waals surface area contributed by atoms with Gasteiger partial charge in [0.2, 0.25) is 0 Å². The molecule has 1 aliphatic rings. The van der Waals surface area contributed by atoms with E-state index in [-0.39, 0.29) is 5.56 Å². The molecule has 1 unspecified atom stereocenters. The zero-order chi connectivity index (χ0) is 14.0. The predicted molar refractivity (Wildman–Crippen MR) is 64.8 cm³/mol. The third kappa shape index (κ3) is 3.11. The van der Waals surface area contributed by atoms with Gasteiger partial charge in [-0.3, -0.25) is 9.78 Å². The quantitative estimate of drug-likeness (QED) is 0.551. The van der Waals surface area contributed by atoms with Crippen LogP contribution in [0.5, 0.6) is 0 Å². The standard InChI is InChI=1S/C12H17N3O4/c1-7-3-2-4-15(5-7)6-8-9(11(17)18)13-12(19)14-10(8)16/h7H,2-6H2,1H3,(H,17,18)(H2,13,14,16,19)/t7-/m1/s1. The number of rotatable bonds is 3. The number of H-pyrrole nitrogens is 2. The summed E-state index contributed by atoms with van der Waals surface area (Å²) in [6.07, 6.45) is 2.21. The van der Waals surface area contributed by atoms with Crippen LogP contribution >= 0.6 is 0 Å². The summed E-state index contributed by atoms with van der Waals surface area (Å²) >= 11 is 0. The highest BCUT2D eigenvalue weighted by Crippen LogP contribution is 2.05. The van der Waals surface area contributed by atoms with Crippen LogP contribution < -0.4 is 21.3 Å². The summed E-state index contributed by atoms with van der Waals surface area (Å²) < 4.78 is 0. The predicted octanol–water partition coefficient (Wildman–Crippen LogP) is -2.76. The first kappa shape index (κ1) is 13.5. The summed E-state index contributed by atoms with van der Waals surface area (Å²) in [6, 6.07) is 0. The number of aromatic nitrogens is 2. The first-order chi connectivity index (χ1) is 8.97. The monoisotopic (exact) mass is 267 g/mol. The van der Waals surface area contributed by atoms with E-state index in [1.54, 1.807) is 0 Å². The Bertz CT molecular complexity index is 589. The second-order valence-corrected chi connectivity index (χ2v) is 5.18. The van der Waals surface area contributed by atoms with Gasteiger partial charge in [0.1, 0.15) is 6.54 Å². The molecule has 2 atom stereocenters. The Balaban J connectivity index is 2.31. The summed E-state index contributed by atoms with van der Waals surface area (Å²) in [5.41, 5.74) is -1.79. The molecule has 3 N–H and O–H groups in total. The molecular formula is C12H17N3O4. The Labute approximate surface area is 109 Å². The molecule has 0 aliphatic carbocycles. The summed E-state index contributed by atoms with van der Waals surface area (Å²) in [7, 11) is 0. The number of carbonyl (C=O) groups is 1. The van der Waals surface area contributed by atoms with Gasteiger partial charge in [0.05, 0.1) is 30.3 Å². The van der Waals surface area contributed by atoms with Gasteiger partial charge in [-0.15, -0.1) is 0 Å². The van der Waals surface area contributed by atoms with E-state index in [9.17, 15) is 19.5 Å². The fourth-order valence-electron chi connectivity index (χ4n) is 2.66. The molecule has 7 nitrogen and oxygen atoms in total. The molecule has 0 saturated carbocycles. The first-order valence-corrected chi connectivity index (χ1v) is 6.37. The SMILES string of the molecule is C[C@@H]1CCC[NH+](Cc2c(C(=O)[O-])[nH]c(=O)[nH]c2=O)C1. The molecule has 2 rings (SSSR count). The van der Waals surface area contributed by atoms with Crippen molar-refractivity contribution in [3.63, 3.8) is 0 Å². The van der Waals surface area contributed by atoms with E-state index < -0.39 is 22.9 Å². The van der Waals surface area contributed by atoms with Crippen molar-refractivity contribution in [2.45, 2.75) is 26.3 Å². The highest BCUT2D eigenvalue weighted by Gasteiger charge is 2.23. The van der Waals surface area contributed by atoms with Gasteiger partial charge in [-0.1, -0.05) is 6.92 Å². The van der Waals surface area contributed by atoms with Crippen molar-refractivity contribution in [2.75, 3.05) is 13.1 Å². The zero-order valence-corrected chi connectivity index (χ0v) is 10.7. The Morgan fingerprint density at radius 1 is 1.42 bits per heavy atom. The lowest BCUT2D eigenvalue weighted by atomic mass is 10.00. The third-order valence-corrected chi connectivity index (χ3v) is 3.54. The van der Waals surface area contributed by atoms with Gasteiger partial charge in [0.25, 0.3) is 5.56 Å². The molecule has 0 amide bonds. The van der Waals surface area contributed by atoms with Crippen LogP contribution in [0.4, 0.5) is 0 Å². The molecule has 2 heterocycles. The van der Waals surface area contributed by atoms with Gasteiger partial charge in [0, 0.05) is 5.92 Å². The number of aromatic amines is 2. The third-order valence-electron chi connectivity index (χ3n) is 3.54. The maximum atomic E-state index is 11.7. The summed E-state index contributed by atoms with van der Waals surface area (Å²) in [5, 5.41) is 11.0. The van der Waals surface area contributed by atoms with E-state index >= 15 is 0 Å². The average molecular weight is 267 g/mol. The highest BCUT2D eigenvalue weighted by atomic mass is 16.4. The summed E-state index contributed by atoms with van der Waals surface area (Å²) in [4.78, 5) is 39.2. The van der Waals surface area contributed by atoms with Gasteiger partial charge >= 0.3 is 5.69 Å². The van der Waals surface area contributed by atoms with Crippen LogP contribution in [0.25, 0.3) is 0 Å². The van der Waals surface area contributed by atoms with Gasteiger partial charge in [-0.05, 0) is 12.8 Å². The van der Waals surface area contributed by atoms with Crippen molar-refractivity contribution in [1.82, 2.24) is 9.97 Å². The van der Waals surface area contributed by atoms with E-state index in [1.807, 2.05) is 0 Å². The second-order valence-electron chi connectivity index (χ2n) is 5.18. The normalized spacial score (nSPS) is 23.2. The number of piperidine rings is 1. The van der Waals surface area contributed by atoms with Gasteiger partial charge in [-0.2, -0.15) is 0 Å². The van der Waals surface area contributed by atoms with Crippen LogP contribution in [0.2, 0.25) is 0 Å². The number of likely N-dealkylation sites (tertiary alicyclic amines) is 1. The van der Waals surface area contributed by atoms with Crippen molar-refractivity contribution in [1.29, 1.82) is 0 Å². The van der Waals surface area contributed by atoms with Crippen molar-refractivity contribution in [3.8, 4) is 0 Å². The molecular weight excluding hydrogens is 250 g/mol. The number of carboxylic acid groups (broad SMARTS) is 1. The molecule has 0 aromatic carbocycles. The van der Waals surface area contributed by atoms with Crippen LogP contribution in [0.1, 0.15) is 35.8 Å². The lowest BCUT2D eigenvalue weighted by Crippen LogP contribution is -3.12. The molecule has 1 aliphatic heterocycles. The van der Waals surface area contributed by atoms with Gasteiger partial charge in [0.15, 0.2) is 0 Å². The number of hydrogen-bond acceptors (Lipinski definition) is 4. The maximum absolute atomic E-state index is 11.7. The van der Waals surface area contributed by atoms with Crippen LogP contribution in [0, 0.1) is 5.92 Å². The molecule has 1 saturated heterocycles. The Morgan fingerprint density at radius 3 is 2.79 bits per heavy atom. The fourth-order valence-corrected chi connectivity index (χ4v) is 2.66. The molecule has 104 valence electrons. The summed E-state index contributed by atoms with van der Waals surface area (Å²) in [6.45, 7) is 4.22. The Hall–Kier alpha value is -1.89. The van der Waals surface area contributed by atoms with E-state index in [1.165, 1.54) is 0 Å². The number of aromatic carboxylic acids is 1. The largest absolute Gasteiger partial charge is 0.543 e. The van der Waals surface area contributed by atoms with Gasteiger partial charge < -0.3 is 19.8 Å². The fraction of sp³-hybridized carbons (Fsp3) is 0.583. The maximum Gasteiger partial charge on any atom is 0.326 e. The minimum absolute atomic E-state index is 0.0868. The minimum atomic E-state index is -1.53.